The molecular formula is C56H37N. The highest BCUT2D eigenvalue weighted by atomic mass is 15.1. The molecule has 0 amide bonds. The Labute approximate surface area is 343 Å². The SMILES string of the molecule is [2H]c1c([2H])c(N(c2ccc(-c3cc4ccccc4c4ccccc34)cc2)c2c([2H])c([2H])c(-c3cc4ccccc4c4ccccc34)c([2H])c2[2H])c([2H])c([2H])c1-c1cccc2ccccc12. The van der Waals surface area contributed by atoms with E-state index in [1.165, 1.54) is 4.90 Å². The van der Waals surface area contributed by atoms with E-state index >= 15 is 0 Å². The van der Waals surface area contributed by atoms with Crippen LogP contribution in [0, 0.1) is 0 Å². The van der Waals surface area contributed by atoms with Crippen molar-refractivity contribution in [3.05, 3.63) is 224 Å². The Bertz CT molecular complexity index is 3710. The number of nitrogens with zero attached hydrogens (tertiary/aromatic N) is 1. The maximum Gasteiger partial charge on any atom is 0.0645 e. The third-order valence-electron chi connectivity index (χ3n) is 11.0. The van der Waals surface area contributed by atoms with Crippen molar-refractivity contribution in [2.45, 2.75) is 0 Å². The number of benzene rings is 11. The van der Waals surface area contributed by atoms with Crippen LogP contribution in [-0.4, -0.2) is 0 Å². The monoisotopic (exact) mass is 731 g/mol. The summed E-state index contributed by atoms with van der Waals surface area (Å²) in [7, 11) is 0. The smallest absolute Gasteiger partial charge is 0.0645 e. The molecule has 0 aliphatic carbocycles. The fourth-order valence-electron chi connectivity index (χ4n) is 8.26. The lowest BCUT2D eigenvalue weighted by Gasteiger charge is -2.26. The average molecular weight is 732 g/mol. The van der Waals surface area contributed by atoms with Crippen molar-refractivity contribution < 1.29 is 11.0 Å². The van der Waals surface area contributed by atoms with Crippen LogP contribution in [0.25, 0.3) is 87.2 Å². The minimum absolute atomic E-state index is 0.120. The zero-order valence-corrected chi connectivity index (χ0v) is 30.7. The molecule has 0 aliphatic heterocycles. The van der Waals surface area contributed by atoms with Gasteiger partial charge in [0.1, 0.15) is 0 Å². The van der Waals surface area contributed by atoms with E-state index in [4.69, 9.17) is 0 Å². The van der Waals surface area contributed by atoms with Gasteiger partial charge in [0, 0.05) is 17.1 Å². The van der Waals surface area contributed by atoms with Crippen molar-refractivity contribution in [2.24, 2.45) is 0 Å². The van der Waals surface area contributed by atoms with Crippen molar-refractivity contribution >= 4 is 70.9 Å². The van der Waals surface area contributed by atoms with Gasteiger partial charge in [0.25, 0.3) is 0 Å². The van der Waals surface area contributed by atoms with Gasteiger partial charge in [0.15, 0.2) is 0 Å². The summed E-state index contributed by atoms with van der Waals surface area (Å²) in [5.74, 6) is 0. The molecule has 0 aromatic heterocycles. The zero-order valence-electron chi connectivity index (χ0n) is 38.7. The molecule has 0 fully saturated rings. The quantitative estimate of drug-likeness (QED) is 0.154. The number of fused-ring (bicyclic) bond motifs is 7. The fourth-order valence-corrected chi connectivity index (χ4v) is 8.26. The van der Waals surface area contributed by atoms with Gasteiger partial charge in [-0.3, -0.25) is 0 Å². The highest BCUT2D eigenvalue weighted by molar-refractivity contribution is 6.15. The van der Waals surface area contributed by atoms with E-state index < -0.39 is 12.1 Å². The molecule has 1 nitrogen and oxygen atoms in total. The van der Waals surface area contributed by atoms with Crippen LogP contribution in [-0.2, 0) is 0 Å². The summed E-state index contributed by atoms with van der Waals surface area (Å²) in [5.41, 5.74) is 3.13. The predicted octanol–water partition coefficient (Wildman–Crippen LogP) is 15.9. The first kappa shape index (κ1) is 25.6. The molecule has 0 aliphatic rings. The van der Waals surface area contributed by atoms with Crippen LogP contribution in [0.5, 0.6) is 0 Å². The predicted molar refractivity (Wildman–Crippen MR) is 245 cm³/mol. The van der Waals surface area contributed by atoms with E-state index in [1.54, 1.807) is 18.2 Å². The molecule has 0 radical (unpaired) electrons. The molecule has 11 aromatic rings. The Morgan fingerprint density at radius 3 is 1.21 bits per heavy atom. The number of hydrogen-bond donors (Lipinski definition) is 0. The van der Waals surface area contributed by atoms with E-state index in [1.807, 2.05) is 127 Å². The maximum absolute atomic E-state index is 9.73. The van der Waals surface area contributed by atoms with Crippen molar-refractivity contribution in [3.63, 3.8) is 0 Å². The molecule has 11 aromatic carbocycles. The first-order chi connectivity index (χ1) is 31.6. The van der Waals surface area contributed by atoms with E-state index in [0.717, 1.165) is 65.0 Å². The van der Waals surface area contributed by atoms with Gasteiger partial charge in [-0.15, -0.1) is 0 Å². The van der Waals surface area contributed by atoms with E-state index in [-0.39, 0.29) is 58.8 Å². The van der Waals surface area contributed by atoms with Gasteiger partial charge in [0.05, 0.1) is 11.0 Å². The topological polar surface area (TPSA) is 3.24 Å². The van der Waals surface area contributed by atoms with Crippen LogP contribution in [0.2, 0.25) is 0 Å². The molecule has 0 saturated heterocycles. The number of hydrogen-bond acceptors (Lipinski definition) is 1. The summed E-state index contributed by atoms with van der Waals surface area (Å²) in [6, 6.07) is 53.9. The van der Waals surface area contributed by atoms with Gasteiger partial charge in [0.2, 0.25) is 0 Å². The van der Waals surface area contributed by atoms with Crippen molar-refractivity contribution in [1.29, 1.82) is 0 Å². The number of anilines is 3. The summed E-state index contributed by atoms with van der Waals surface area (Å²) in [5, 5.41) is 9.59. The van der Waals surface area contributed by atoms with Crippen molar-refractivity contribution in [1.82, 2.24) is 0 Å². The van der Waals surface area contributed by atoms with Crippen LogP contribution >= 0.6 is 0 Å². The molecule has 0 N–H and O–H groups in total. The summed E-state index contributed by atoms with van der Waals surface area (Å²) < 4.78 is 77.0. The van der Waals surface area contributed by atoms with E-state index in [0.29, 0.717) is 16.8 Å². The molecule has 266 valence electrons. The Balaban J connectivity index is 1.16. The Morgan fingerprint density at radius 1 is 0.263 bits per heavy atom. The maximum atomic E-state index is 9.73. The second-order valence-corrected chi connectivity index (χ2v) is 14.2. The molecule has 0 bridgehead atoms. The van der Waals surface area contributed by atoms with Gasteiger partial charge in [-0.2, -0.15) is 0 Å². The number of rotatable bonds is 6. The Kier molecular flexibility index (Phi) is 6.13. The molecule has 0 atom stereocenters. The lowest BCUT2D eigenvalue weighted by Crippen LogP contribution is -2.09. The van der Waals surface area contributed by atoms with Gasteiger partial charge in [-0.05, 0) is 136 Å². The first-order valence-corrected chi connectivity index (χ1v) is 19.0. The second-order valence-electron chi connectivity index (χ2n) is 14.2. The summed E-state index contributed by atoms with van der Waals surface area (Å²) in [4.78, 5) is 1.37. The third-order valence-corrected chi connectivity index (χ3v) is 11.0. The molecular weight excluding hydrogens is 687 g/mol. The van der Waals surface area contributed by atoms with Crippen LogP contribution in [0.4, 0.5) is 17.1 Å². The van der Waals surface area contributed by atoms with Gasteiger partial charge in [-0.25, -0.2) is 0 Å². The zero-order chi connectivity index (χ0) is 44.7. The minimum atomic E-state index is -0.391. The second kappa shape index (κ2) is 13.7. The molecule has 0 unspecified atom stereocenters. The summed E-state index contributed by atoms with van der Waals surface area (Å²) in [6.07, 6.45) is 0. The summed E-state index contributed by atoms with van der Waals surface area (Å²) in [6.45, 7) is 0. The lowest BCUT2D eigenvalue weighted by atomic mass is 9.93. The normalized spacial score (nSPS) is 13.5. The molecule has 57 heavy (non-hydrogen) atoms. The van der Waals surface area contributed by atoms with Crippen LogP contribution in [0.15, 0.2) is 224 Å². The van der Waals surface area contributed by atoms with Crippen LogP contribution in [0.3, 0.4) is 0 Å². The molecule has 0 saturated carbocycles. The standard InChI is InChI=1S/C56H37N/c1-4-16-47-38(12-1)15-11-23-48(47)39-24-30-44(31-25-39)57(45-32-26-40(27-33-45)55-36-42-13-2-5-17-49(42)51-19-7-9-21-53(51)55)46-34-28-41(29-35-46)56-37-43-14-3-6-18-50(43)52-20-8-10-22-54(52)56/h1-37H/i24D,25D,26D,27D,30D,31D,32D,33D. The molecule has 0 spiro atoms. The third kappa shape index (κ3) is 5.72. The van der Waals surface area contributed by atoms with Crippen LogP contribution in [0.1, 0.15) is 11.0 Å². The summed E-state index contributed by atoms with van der Waals surface area (Å²) >= 11 is 0. The van der Waals surface area contributed by atoms with E-state index in [2.05, 4.69) is 30.3 Å². The van der Waals surface area contributed by atoms with Gasteiger partial charge < -0.3 is 4.90 Å². The average Bonchev–Trinajstić information content (AvgIpc) is 3.35. The largest absolute Gasteiger partial charge is 0.311 e. The Morgan fingerprint density at radius 2 is 0.667 bits per heavy atom. The fraction of sp³-hybridized carbons (Fsp3) is 0. The Hall–Kier alpha value is -7.48. The highest BCUT2D eigenvalue weighted by Crippen LogP contribution is 2.41. The van der Waals surface area contributed by atoms with Crippen molar-refractivity contribution in [3.8, 4) is 33.4 Å². The van der Waals surface area contributed by atoms with E-state index in [9.17, 15) is 11.0 Å². The van der Waals surface area contributed by atoms with Gasteiger partial charge in [-0.1, -0.05) is 176 Å². The first-order valence-electron chi connectivity index (χ1n) is 23.0. The van der Waals surface area contributed by atoms with Gasteiger partial charge >= 0.3 is 0 Å². The molecule has 0 heterocycles. The molecule has 1 heteroatoms. The minimum Gasteiger partial charge on any atom is -0.311 e. The highest BCUT2D eigenvalue weighted by Gasteiger charge is 2.16. The lowest BCUT2D eigenvalue weighted by molar-refractivity contribution is 1.28. The van der Waals surface area contributed by atoms with Crippen molar-refractivity contribution in [2.75, 3.05) is 4.90 Å². The van der Waals surface area contributed by atoms with Crippen LogP contribution < -0.4 is 4.90 Å². The molecule has 11 rings (SSSR count).